The van der Waals surface area contributed by atoms with E-state index in [1.165, 1.54) is 0 Å². The van der Waals surface area contributed by atoms with Crippen LogP contribution in [0.3, 0.4) is 0 Å². The maximum Gasteiger partial charge on any atom is 0.416 e. The third-order valence-electron chi connectivity index (χ3n) is 4.84. The van der Waals surface area contributed by atoms with Crippen molar-refractivity contribution < 1.29 is 17.9 Å². The first kappa shape index (κ1) is 18.9. The zero-order chi connectivity index (χ0) is 18.6. The van der Waals surface area contributed by atoms with Crippen LogP contribution in [0.5, 0.6) is 0 Å². The molecule has 1 aliphatic heterocycles. The highest BCUT2D eigenvalue weighted by molar-refractivity contribution is 5.24. The van der Waals surface area contributed by atoms with Crippen molar-refractivity contribution in [2.45, 2.75) is 38.0 Å². The van der Waals surface area contributed by atoms with Crippen molar-refractivity contribution in [1.29, 1.82) is 0 Å². The molecule has 1 aromatic heterocycles. The monoisotopic (exact) mass is 367 g/mol. The van der Waals surface area contributed by atoms with E-state index in [1.54, 1.807) is 19.2 Å². The van der Waals surface area contributed by atoms with Crippen LogP contribution < -0.4 is 0 Å². The fourth-order valence-corrected chi connectivity index (χ4v) is 3.53. The number of hydrogen-bond donors (Lipinski definition) is 0. The lowest BCUT2D eigenvalue weighted by Crippen LogP contribution is -2.35. The Morgan fingerprint density at radius 3 is 2.69 bits per heavy atom. The molecule has 1 aliphatic rings. The Bertz CT molecular complexity index is 697. The van der Waals surface area contributed by atoms with Crippen LogP contribution in [0.25, 0.3) is 0 Å². The summed E-state index contributed by atoms with van der Waals surface area (Å²) >= 11 is 0. The number of imidazole rings is 1. The van der Waals surface area contributed by atoms with Crippen LogP contribution in [-0.4, -0.2) is 41.3 Å². The summed E-state index contributed by atoms with van der Waals surface area (Å²) in [5, 5.41) is 0. The van der Waals surface area contributed by atoms with Gasteiger partial charge in [0.05, 0.1) is 12.2 Å². The molecule has 2 heterocycles. The molecule has 1 aromatic carbocycles. The zero-order valence-electron chi connectivity index (χ0n) is 14.9. The van der Waals surface area contributed by atoms with Crippen molar-refractivity contribution >= 4 is 0 Å². The fourth-order valence-electron chi connectivity index (χ4n) is 3.53. The molecule has 0 unspecified atom stereocenters. The number of nitrogens with zero attached hydrogens (tertiary/aromatic N) is 3. The van der Waals surface area contributed by atoms with Crippen LogP contribution in [0, 0.1) is 0 Å². The van der Waals surface area contributed by atoms with Crippen molar-refractivity contribution in [3.05, 3.63) is 53.6 Å². The Balaban J connectivity index is 1.63. The third-order valence-corrected chi connectivity index (χ3v) is 4.84. The summed E-state index contributed by atoms with van der Waals surface area (Å²) in [5.41, 5.74) is 0.305. The van der Waals surface area contributed by atoms with Gasteiger partial charge in [-0.15, -0.1) is 0 Å². The summed E-state index contributed by atoms with van der Waals surface area (Å²) < 4.78 is 45.3. The Labute approximate surface area is 151 Å². The van der Waals surface area contributed by atoms with Crippen LogP contribution in [0.15, 0.2) is 36.7 Å². The molecule has 0 radical (unpaired) electrons. The highest BCUT2D eigenvalue weighted by Gasteiger charge is 2.30. The first-order valence-electron chi connectivity index (χ1n) is 8.86. The van der Waals surface area contributed by atoms with Gasteiger partial charge in [-0.3, -0.25) is 4.90 Å². The molecule has 1 atom stereocenters. The number of hydrogen-bond acceptors (Lipinski definition) is 3. The molecule has 3 rings (SSSR count). The molecule has 0 spiro atoms. The minimum atomic E-state index is -4.28. The van der Waals surface area contributed by atoms with Gasteiger partial charge >= 0.3 is 6.18 Å². The average molecular weight is 367 g/mol. The zero-order valence-corrected chi connectivity index (χ0v) is 14.9. The number of aromatic nitrogens is 2. The molecule has 2 aromatic rings. The summed E-state index contributed by atoms with van der Waals surface area (Å²) in [5.74, 6) is 1.41. The van der Waals surface area contributed by atoms with Gasteiger partial charge in [0.1, 0.15) is 5.82 Å². The van der Waals surface area contributed by atoms with Crippen LogP contribution in [0.2, 0.25) is 0 Å². The number of ether oxygens (including phenoxy) is 1. The van der Waals surface area contributed by atoms with E-state index in [2.05, 4.69) is 14.5 Å². The van der Waals surface area contributed by atoms with Crippen molar-refractivity contribution in [1.82, 2.24) is 14.5 Å². The molecule has 7 heteroatoms. The summed E-state index contributed by atoms with van der Waals surface area (Å²) in [6, 6.07) is 5.47. The number of likely N-dealkylation sites (tertiary alicyclic amines) is 1. The summed E-state index contributed by atoms with van der Waals surface area (Å²) in [7, 11) is 1.68. The van der Waals surface area contributed by atoms with Crippen LogP contribution in [0.4, 0.5) is 13.2 Å². The van der Waals surface area contributed by atoms with Crippen molar-refractivity contribution in [3.8, 4) is 0 Å². The first-order valence-corrected chi connectivity index (χ1v) is 8.86. The summed E-state index contributed by atoms with van der Waals surface area (Å²) in [6.45, 7) is 3.90. The van der Waals surface area contributed by atoms with Crippen molar-refractivity contribution in [2.75, 3.05) is 26.8 Å². The molecule has 0 saturated carbocycles. The molecule has 26 heavy (non-hydrogen) atoms. The smallest absolute Gasteiger partial charge is 0.383 e. The second kappa shape index (κ2) is 8.22. The SMILES string of the molecule is COCCn1ccnc1[C@@H]1CCCN(Cc2ccc(C(F)(F)F)cc2)C1. The van der Waals surface area contributed by atoms with E-state index in [0.717, 1.165) is 56.0 Å². The van der Waals surface area contributed by atoms with E-state index < -0.39 is 11.7 Å². The minimum absolute atomic E-state index is 0.338. The van der Waals surface area contributed by atoms with E-state index in [4.69, 9.17) is 4.74 Å². The van der Waals surface area contributed by atoms with Crippen LogP contribution in [0.1, 0.15) is 35.7 Å². The molecule has 1 saturated heterocycles. The maximum absolute atomic E-state index is 12.7. The molecule has 0 aliphatic carbocycles. The lowest BCUT2D eigenvalue weighted by Gasteiger charge is -2.32. The van der Waals surface area contributed by atoms with Gasteiger partial charge in [-0.25, -0.2) is 4.98 Å². The van der Waals surface area contributed by atoms with Gasteiger partial charge in [0.25, 0.3) is 0 Å². The lowest BCUT2D eigenvalue weighted by atomic mass is 9.96. The molecule has 0 bridgehead atoms. The average Bonchev–Trinajstić information content (AvgIpc) is 3.08. The third kappa shape index (κ3) is 4.65. The van der Waals surface area contributed by atoms with Crippen LogP contribution >= 0.6 is 0 Å². The van der Waals surface area contributed by atoms with E-state index >= 15 is 0 Å². The van der Waals surface area contributed by atoms with Crippen molar-refractivity contribution in [3.63, 3.8) is 0 Å². The molecule has 1 fully saturated rings. The standard InChI is InChI=1S/C19H24F3N3O/c1-26-12-11-25-10-8-23-18(25)16-3-2-9-24(14-16)13-15-4-6-17(7-5-15)19(20,21)22/h4-8,10,16H,2-3,9,11-14H2,1H3/t16-/m1/s1. The number of alkyl halides is 3. The van der Waals surface area contributed by atoms with Gasteiger partial charge in [0.2, 0.25) is 0 Å². The summed E-state index contributed by atoms with van der Waals surface area (Å²) in [6.07, 6.45) is 1.65. The Morgan fingerprint density at radius 2 is 2.00 bits per heavy atom. The lowest BCUT2D eigenvalue weighted by molar-refractivity contribution is -0.137. The van der Waals surface area contributed by atoms with E-state index in [9.17, 15) is 13.2 Å². The van der Waals surface area contributed by atoms with Gasteiger partial charge in [-0.1, -0.05) is 12.1 Å². The Morgan fingerprint density at radius 1 is 1.23 bits per heavy atom. The predicted octanol–water partition coefficient (Wildman–Crippen LogP) is 3.93. The van der Waals surface area contributed by atoms with E-state index in [1.807, 2.05) is 12.4 Å². The number of halogens is 3. The molecule has 0 amide bonds. The second-order valence-electron chi connectivity index (χ2n) is 6.74. The molecule has 0 N–H and O–H groups in total. The molecular formula is C19H24F3N3O. The number of piperidine rings is 1. The predicted molar refractivity (Wildman–Crippen MR) is 92.8 cm³/mol. The first-order chi connectivity index (χ1) is 12.5. The van der Waals surface area contributed by atoms with Gasteiger partial charge in [-0.05, 0) is 37.1 Å². The maximum atomic E-state index is 12.7. The second-order valence-corrected chi connectivity index (χ2v) is 6.74. The topological polar surface area (TPSA) is 30.3 Å². The van der Waals surface area contributed by atoms with E-state index in [0.29, 0.717) is 19.1 Å². The van der Waals surface area contributed by atoms with E-state index in [-0.39, 0.29) is 0 Å². The van der Waals surface area contributed by atoms with Crippen molar-refractivity contribution in [2.24, 2.45) is 0 Å². The highest BCUT2D eigenvalue weighted by atomic mass is 19.4. The quantitative estimate of drug-likeness (QED) is 0.775. The number of benzene rings is 1. The Kier molecular flexibility index (Phi) is 5.98. The molecular weight excluding hydrogens is 343 g/mol. The Hall–Kier alpha value is -1.86. The van der Waals surface area contributed by atoms with Gasteiger partial charge < -0.3 is 9.30 Å². The minimum Gasteiger partial charge on any atom is -0.383 e. The van der Waals surface area contributed by atoms with Gasteiger partial charge in [-0.2, -0.15) is 13.2 Å². The van der Waals surface area contributed by atoms with Crippen LogP contribution in [-0.2, 0) is 24.0 Å². The fraction of sp³-hybridized carbons (Fsp3) is 0.526. The largest absolute Gasteiger partial charge is 0.416 e. The van der Waals surface area contributed by atoms with Gasteiger partial charge in [0, 0.05) is 45.1 Å². The normalized spacial score (nSPS) is 19.0. The summed E-state index contributed by atoms with van der Waals surface area (Å²) in [4.78, 5) is 6.83. The van der Waals surface area contributed by atoms with Gasteiger partial charge in [0.15, 0.2) is 0 Å². The molecule has 142 valence electrons. The number of methoxy groups -OCH3 is 1. The molecule has 4 nitrogen and oxygen atoms in total. The highest BCUT2D eigenvalue weighted by Crippen LogP contribution is 2.30. The number of rotatable bonds is 6.